The monoisotopic (exact) mass is 278 g/mol. The molecule has 0 aliphatic heterocycles. The zero-order chi connectivity index (χ0) is 14.0. The largest absolute Gasteiger partial charge is 0.481 e. The molecule has 0 spiro atoms. The Morgan fingerprint density at radius 2 is 2.21 bits per heavy atom. The Kier molecular flexibility index (Phi) is 3.66. The number of methoxy groups -OCH3 is 1. The van der Waals surface area contributed by atoms with Crippen molar-refractivity contribution in [2.24, 2.45) is 0 Å². The summed E-state index contributed by atoms with van der Waals surface area (Å²) in [7, 11) is 1.55. The predicted molar refractivity (Wildman–Crippen MR) is 74.7 cm³/mol. The van der Waals surface area contributed by atoms with Crippen molar-refractivity contribution in [2.75, 3.05) is 18.2 Å². The van der Waals surface area contributed by atoms with Crippen LogP contribution in [0.1, 0.15) is 21.6 Å². The van der Waals surface area contributed by atoms with Gasteiger partial charge in [0.25, 0.3) is 5.91 Å². The number of pyridine rings is 1. The molecular formula is C12H14N4O2S. The predicted octanol–water partition coefficient (Wildman–Crippen LogP) is 2.00. The van der Waals surface area contributed by atoms with Crippen LogP contribution in [0, 0.1) is 13.8 Å². The van der Waals surface area contributed by atoms with Crippen molar-refractivity contribution < 1.29 is 9.53 Å². The van der Waals surface area contributed by atoms with Crippen LogP contribution in [0.5, 0.6) is 5.88 Å². The van der Waals surface area contributed by atoms with Gasteiger partial charge in [0.2, 0.25) is 5.88 Å². The molecule has 2 aromatic rings. The van der Waals surface area contributed by atoms with E-state index in [9.17, 15) is 4.79 Å². The van der Waals surface area contributed by atoms with Crippen LogP contribution < -0.4 is 15.8 Å². The van der Waals surface area contributed by atoms with Crippen molar-refractivity contribution in [1.82, 2.24) is 9.36 Å². The molecule has 7 heteroatoms. The lowest BCUT2D eigenvalue weighted by Gasteiger charge is -2.08. The maximum atomic E-state index is 12.1. The molecule has 0 atom stereocenters. The normalized spacial score (nSPS) is 10.3. The molecule has 2 heterocycles. The van der Waals surface area contributed by atoms with Crippen molar-refractivity contribution in [3.05, 3.63) is 29.1 Å². The summed E-state index contributed by atoms with van der Waals surface area (Å²) in [6, 6.07) is 1.79. The number of nitrogens with two attached hydrogens (primary N) is 1. The second kappa shape index (κ2) is 5.23. The van der Waals surface area contributed by atoms with Crippen LogP contribution in [0.25, 0.3) is 0 Å². The molecule has 0 aromatic carbocycles. The number of nitrogen functional groups attached to an aromatic ring is 1. The summed E-state index contributed by atoms with van der Waals surface area (Å²) in [5.41, 5.74) is 8.20. The molecule has 0 radical (unpaired) electrons. The Labute approximate surface area is 114 Å². The second-order valence-electron chi connectivity index (χ2n) is 4.01. The number of amides is 1. The minimum absolute atomic E-state index is 0.282. The maximum Gasteiger partial charge on any atom is 0.260 e. The number of rotatable bonds is 3. The van der Waals surface area contributed by atoms with E-state index in [2.05, 4.69) is 14.7 Å². The van der Waals surface area contributed by atoms with Crippen molar-refractivity contribution in [2.45, 2.75) is 13.8 Å². The van der Waals surface area contributed by atoms with Gasteiger partial charge in [0.05, 0.1) is 30.3 Å². The molecule has 0 saturated heterocycles. The van der Waals surface area contributed by atoms with Gasteiger partial charge in [0, 0.05) is 5.56 Å². The van der Waals surface area contributed by atoms with Gasteiger partial charge >= 0.3 is 0 Å². The first-order chi connectivity index (χ1) is 9.02. The van der Waals surface area contributed by atoms with E-state index in [1.54, 1.807) is 20.1 Å². The van der Waals surface area contributed by atoms with E-state index in [0.717, 1.165) is 17.1 Å². The van der Waals surface area contributed by atoms with Gasteiger partial charge in [-0.2, -0.15) is 4.37 Å². The number of aromatic nitrogens is 2. The van der Waals surface area contributed by atoms with Crippen LogP contribution in [0.4, 0.5) is 10.7 Å². The minimum Gasteiger partial charge on any atom is -0.481 e. The smallest absolute Gasteiger partial charge is 0.260 e. The summed E-state index contributed by atoms with van der Waals surface area (Å²) in [5, 5.41) is 3.16. The zero-order valence-corrected chi connectivity index (χ0v) is 11.7. The van der Waals surface area contributed by atoms with E-state index in [4.69, 9.17) is 10.5 Å². The molecule has 2 rings (SSSR count). The highest BCUT2D eigenvalue weighted by Crippen LogP contribution is 2.23. The summed E-state index contributed by atoms with van der Waals surface area (Å²) >= 11 is 1.11. The average molecular weight is 278 g/mol. The number of anilines is 2. The number of nitrogens with one attached hydrogen (secondary N) is 1. The van der Waals surface area contributed by atoms with E-state index in [1.165, 1.54) is 6.20 Å². The Morgan fingerprint density at radius 1 is 1.47 bits per heavy atom. The number of hydrogen-bond acceptors (Lipinski definition) is 6. The molecule has 100 valence electrons. The number of aryl methyl sites for hydroxylation is 2. The van der Waals surface area contributed by atoms with Gasteiger partial charge in [-0.05, 0) is 31.4 Å². The van der Waals surface area contributed by atoms with Crippen LogP contribution in [0.3, 0.4) is 0 Å². The molecule has 19 heavy (non-hydrogen) atoms. The molecule has 0 aliphatic carbocycles. The fourth-order valence-electron chi connectivity index (χ4n) is 1.70. The third-order valence-corrected chi connectivity index (χ3v) is 3.36. The van der Waals surface area contributed by atoms with Crippen LogP contribution in [-0.4, -0.2) is 22.4 Å². The molecule has 0 unspecified atom stereocenters. The second-order valence-corrected chi connectivity index (χ2v) is 4.82. The number of carbonyl (C=O) groups excluding carboxylic acids is 1. The van der Waals surface area contributed by atoms with Crippen LogP contribution in [0.2, 0.25) is 0 Å². The maximum absolute atomic E-state index is 12.1. The SMILES string of the molecule is COc1ncc(NC(=O)c2c(C)nsc2N)cc1C. The first-order valence-electron chi connectivity index (χ1n) is 5.56. The van der Waals surface area contributed by atoms with Crippen molar-refractivity contribution in [3.8, 4) is 5.88 Å². The van der Waals surface area contributed by atoms with Gasteiger partial charge in [-0.1, -0.05) is 0 Å². The first-order valence-corrected chi connectivity index (χ1v) is 6.34. The lowest BCUT2D eigenvalue weighted by atomic mass is 10.2. The zero-order valence-electron chi connectivity index (χ0n) is 10.9. The molecule has 6 nitrogen and oxygen atoms in total. The van der Waals surface area contributed by atoms with Crippen molar-refractivity contribution in [1.29, 1.82) is 0 Å². The topological polar surface area (TPSA) is 90.1 Å². The molecule has 0 saturated carbocycles. The summed E-state index contributed by atoms with van der Waals surface area (Å²) in [6.07, 6.45) is 1.54. The van der Waals surface area contributed by atoms with Gasteiger partial charge < -0.3 is 15.8 Å². The van der Waals surface area contributed by atoms with Crippen LogP contribution in [0.15, 0.2) is 12.3 Å². The standard InChI is InChI=1S/C12H14N4O2S/c1-6-4-8(5-14-12(6)18-3)15-11(17)9-7(2)16-19-10(9)13/h4-5H,13H2,1-3H3,(H,15,17). The molecular weight excluding hydrogens is 264 g/mol. The molecule has 0 bridgehead atoms. The fourth-order valence-corrected chi connectivity index (χ4v) is 2.36. The van der Waals surface area contributed by atoms with Crippen molar-refractivity contribution >= 4 is 28.1 Å². The third kappa shape index (κ3) is 2.65. The quantitative estimate of drug-likeness (QED) is 0.896. The van der Waals surface area contributed by atoms with E-state index in [0.29, 0.717) is 27.8 Å². The van der Waals surface area contributed by atoms with Crippen molar-refractivity contribution in [3.63, 3.8) is 0 Å². The summed E-state index contributed by atoms with van der Waals surface area (Å²) in [6.45, 7) is 3.60. The lowest BCUT2D eigenvalue weighted by Crippen LogP contribution is -2.14. The van der Waals surface area contributed by atoms with Gasteiger partial charge in [0.1, 0.15) is 5.00 Å². The van der Waals surface area contributed by atoms with E-state index >= 15 is 0 Å². The molecule has 1 amide bonds. The molecule has 3 N–H and O–H groups in total. The minimum atomic E-state index is -0.282. The molecule has 2 aromatic heterocycles. The summed E-state index contributed by atoms with van der Waals surface area (Å²) < 4.78 is 9.11. The summed E-state index contributed by atoms with van der Waals surface area (Å²) in [5.74, 6) is 0.251. The van der Waals surface area contributed by atoms with Gasteiger partial charge in [-0.3, -0.25) is 4.79 Å². The number of nitrogens with zero attached hydrogens (tertiary/aromatic N) is 2. The highest BCUT2D eigenvalue weighted by Gasteiger charge is 2.16. The van der Waals surface area contributed by atoms with Gasteiger partial charge in [0.15, 0.2) is 0 Å². The van der Waals surface area contributed by atoms with Gasteiger partial charge in [-0.15, -0.1) is 0 Å². The third-order valence-electron chi connectivity index (χ3n) is 2.60. The fraction of sp³-hybridized carbons (Fsp3) is 0.250. The summed E-state index contributed by atoms with van der Waals surface area (Å²) in [4.78, 5) is 16.2. The molecule has 0 aliphatic rings. The van der Waals surface area contributed by atoms with Gasteiger partial charge in [-0.25, -0.2) is 4.98 Å². The lowest BCUT2D eigenvalue weighted by molar-refractivity contribution is 0.102. The number of hydrogen-bond donors (Lipinski definition) is 2. The Bertz CT molecular complexity index is 605. The van der Waals surface area contributed by atoms with Crippen LogP contribution >= 0.6 is 11.5 Å². The van der Waals surface area contributed by atoms with E-state index in [-0.39, 0.29) is 5.91 Å². The highest BCUT2D eigenvalue weighted by molar-refractivity contribution is 7.10. The molecule has 0 fully saturated rings. The highest BCUT2D eigenvalue weighted by atomic mass is 32.1. The Morgan fingerprint density at radius 3 is 2.74 bits per heavy atom. The van der Waals surface area contributed by atoms with E-state index < -0.39 is 0 Å². The Hall–Kier alpha value is -2.15. The number of carbonyl (C=O) groups is 1. The van der Waals surface area contributed by atoms with E-state index in [1.807, 2.05) is 6.92 Å². The first kappa shape index (κ1) is 13.3. The Balaban J connectivity index is 2.22. The van der Waals surface area contributed by atoms with Crippen LogP contribution in [-0.2, 0) is 0 Å². The number of ether oxygens (including phenoxy) is 1. The average Bonchev–Trinajstić information content (AvgIpc) is 2.69.